The second kappa shape index (κ2) is 4.94. The number of thiophene rings is 1. The lowest BCUT2D eigenvalue weighted by Gasteiger charge is -2.20. The summed E-state index contributed by atoms with van der Waals surface area (Å²) in [5.41, 5.74) is 5.77. The van der Waals surface area contributed by atoms with Crippen LogP contribution in [0, 0.1) is 12.8 Å². The van der Waals surface area contributed by atoms with Gasteiger partial charge in [0, 0.05) is 23.4 Å². The van der Waals surface area contributed by atoms with Crippen LogP contribution in [0.5, 0.6) is 0 Å². The van der Waals surface area contributed by atoms with Gasteiger partial charge in [-0.15, -0.1) is 11.3 Å². The van der Waals surface area contributed by atoms with E-state index in [1.165, 1.54) is 4.88 Å². The average Bonchev–Trinajstić information content (AvgIpc) is 2.94. The zero-order valence-electron chi connectivity index (χ0n) is 10.9. The summed E-state index contributed by atoms with van der Waals surface area (Å²) < 4.78 is 0. The van der Waals surface area contributed by atoms with Crippen LogP contribution in [0.2, 0.25) is 0 Å². The predicted octanol–water partition coefficient (Wildman–Crippen LogP) is 2.15. The van der Waals surface area contributed by atoms with Crippen molar-refractivity contribution in [3.8, 4) is 0 Å². The Morgan fingerprint density at radius 3 is 3.11 bits per heavy atom. The van der Waals surface area contributed by atoms with Gasteiger partial charge in [0.15, 0.2) is 0 Å². The number of hydrogen-bond acceptors (Lipinski definition) is 6. The molecule has 2 atom stereocenters. The van der Waals surface area contributed by atoms with E-state index in [4.69, 9.17) is 5.73 Å². The van der Waals surface area contributed by atoms with Crippen molar-refractivity contribution >= 4 is 33.3 Å². The molecule has 1 aliphatic rings. The number of aliphatic hydroxyl groups is 1. The summed E-state index contributed by atoms with van der Waals surface area (Å²) in [6.07, 6.45) is 3.29. The molecule has 2 unspecified atom stereocenters. The lowest BCUT2D eigenvalue weighted by molar-refractivity contribution is 0.222. The number of nitrogen functional groups attached to an aromatic ring is 1. The Labute approximate surface area is 115 Å². The van der Waals surface area contributed by atoms with Crippen molar-refractivity contribution < 1.29 is 5.11 Å². The second-order valence-corrected chi connectivity index (χ2v) is 6.37. The molecule has 0 aromatic carbocycles. The van der Waals surface area contributed by atoms with Crippen molar-refractivity contribution in [2.24, 2.45) is 5.92 Å². The molecule has 2 aromatic rings. The van der Waals surface area contributed by atoms with Crippen LogP contribution in [0.4, 0.5) is 11.8 Å². The highest BCUT2D eigenvalue weighted by molar-refractivity contribution is 7.18. The van der Waals surface area contributed by atoms with Gasteiger partial charge in [0.25, 0.3) is 0 Å². The standard InChI is InChI=1S/C13H18N4OS/c1-7-5-9-11(16-13(14)17-12(9)19-7)15-10-4-2-3-8(10)6-18/h5,8,10,18H,2-4,6H2,1H3,(H3,14,15,16,17). The Bertz CT molecular complexity index is 598. The maximum Gasteiger partial charge on any atom is 0.223 e. The summed E-state index contributed by atoms with van der Waals surface area (Å²) in [5.74, 6) is 1.42. The van der Waals surface area contributed by atoms with E-state index in [1.54, 1.807) is 11.3 Å². The number of rotatable bonds is 3. The number of aryl methyl sites for hydroxylation is 1. The van der Waals surface area contributed by atoms with Crippen LogP contribution in [0.25, 0.3) is 10.2 Å². The lowest BCUT2D eigenvalue weighted by atomic mass is 10.1. The minimum atomic E-state index is 0.226. The smallest absolute Gasteiger partial charge is 0.223 e. The van der Waals surface area contributed by atoms with E-state index in [0.717, 1.165) is 35.3 Å². The largest absolute Gasteiger partial charge is 0.396 e. The maximum absolute atomic E-state index is 9.39. The molecular weight excluding hydrogens is 260 g/mol. The van der Waals surface area contributed by atoms with Gasteiger partial charge < -0.3 is 16.2 Å². The van der Waals surface area contributed by atoms with Crippen LogP contribution in [0.1, 0.15) is 24.1 Å². The molecule has 2 heterocycles. The van der Waals surface area contributed by atoms with Crippen molar-refractivity contribution in [3.63, 3.8) is 0 Å². The number of aromatic nitrogens is 2. The Balaban J connectivity index is 1.95. The fraction of sp³-hybridized carbons (Fsp3) is 0.538. The van der Waals surface area contributed by atoms with E-state index >= 15 is 0 Å². The monoisotopic (exact) mass is 278 g/mol. The Kier molecular flexibility index (Phi) is 3.28. The predicted molar refractivity (Wildman–Crippen MR) is 78.4 cm³/mol. The molecule has 1 saturated carbocycles. The third kappa shape index (κ3) is 2.37. The summed E-state index contributed by atoms with van der Waals surface area (Å²) >= 11 is 1.62. The number of fused-ring (bicyclic) bond motifs is 1. The van der Waals surface area contributed by atoms with Crippen molar-refractivity contribution in [3.05, 3.63) is 10.9 Å². The quantitative estimate of drug-likeness (QED) is 0.801. The van der Waals surface area contributed by atoms with Gasteiger partial charge in [-0.2, -0.15) is 4.98 Å². The van der Waals surface area contributed by atoms with Crippen molar-refractivity contribution in [1.82, 2.24) is 9.97 Å². The minimum absolute atomic E-state index is 0.226. The van der Waals surface area contributed by atoms with Crippen LogP contribution in [-0.4, -0.2) is 27.7 Å². The fourth-order valence-electron chi connectivity index (χ4n) is 2.79. The summed E-state index contributed by atoms with van der Waals surface area (Å²) in [5, 5.41) is 13.9. The fourth-order valence-corrected chi connectivity index (χ4v) is 3.68. The first kappa shape index (κ1) is 12.6. The Morgan fingerprint density at radius 1 is 1.47 bits per heavy atom. The highest BCUT2D eigenvalue weighted by Gasteiger charge is 2.27. The van der Waals surface area contributed by atoms with E-state index in [1.807, 2.05) is 0 Å². The lowest BCUT2D eigenvalue weighted by Crippen LogP contribution is -2.27. The highest BCUT2D eigenvalue weighted by Crippen LogP contribution is 2.33. The molecule has 0 amide bonds. The number of nitrogens with two attached hydrogens (primary N) is 1. The third-order valence-electron chi connectivity index (χ3n) is 3.75. The number of anilines is 2. The van der Waals surface area contributed by atoms with E-state index in [-0.39, 0.29) is 12.6 Å². The highest BCUT2D eigenvalue weighted by atomic mass is 32.1. The Hall–Kier alpha value is -1.40. The maximum atomic E-state index is 9.39. The molecule has 1 aliphatic carbocycles. The van der Waals surface area contributed by atoms with E-state index in [9.17, 15) is 5.11 Å². The number of nitrogens with one attached hydrogen (secondary N) is 1. The van der Waals surface area contributed by atoms with Gasteiger partial charge in [-0.25, -0.2) is 4.98 Å². The Morgan fingerprint density at radius 2 is 2.32 bits per heavy atom. The molecule has 1 fully saturated rings. The molecular formula is C13H18N4OS. The van der Waals surface area contributed by atoms with Gasteiger partial charge >= 0.3 is 0 Å². The van der Waals surface area contributed by atoms with Crippen LogP contribution >= 0.6 is 11.3 Å². The first-order valence-electron chi connectivity index (χ1n) is 6.58. The van der Waals surface area contributed by atoms with Gasteiger partial charge in [-0.1, -0.05) is 6.42 Å². The number of hydrogen-bond donors (Lipinski definition) is 3. The topological polar surface area (TPSA) is 84.1 Å². The number of nitrogens with zero attached hydrogens (tertiary/aromatic N) is 2. The molecule has 0 spiro atoms. The van der Waals surface area contributed by atoms with E-state index < -0.39 is 0 Å². The normalized spacial score (nSPS) is 23.1. The van der Waals surface area contributed by atoms with Gasteiger partial charge in [-0.3, -0.25) is 0 Å². The molecule has 102 valence electrons. The number of aliphatic hydroxyl groups excluding tert-OH is 1. The molecule has 5 nitrogen and oxygen atoms in total. The summed E-state index contributed by atoms with van der Waals surface area (Å²) in [6.45, 7) is 2.28. The molecule has 19 heavy (non-hydrogen) atoms. The molecule has 0 aliphatic heterocycles. The van der Waals surface area contributed by atoms with Crippen molar-refractivity contribution in [1.29, 1.82) is 0 Å². The summed E-state index contributed by atoms with van der Waals surface area (Å²) in [7, 11) is 0. The molecule has 3 rings (SSSR count). The SMILES string of the molecule is Cc1cc2c(NC3CCCC3CO)nc(N)nc2s1. The van der Waals surface area contributed by atoms with Gasteiger partial charge in [-0.05, 0) is 25.8 Å². The van der Waals surface area contributed by atoms with E-state index in [2.05, 4.69) is 28.3 Å². The van der Waals surface area contributed by atoms with E-state index in [0.29, 0.717) is 11.9 Å². The first-order valence-corrected chi connectivity index (χ1v) is 7.40. The van der Waals surface area contributed by atoms with Crippen LogP contribution < -0.4 is 11.1 Å². The zero-order valence-corrected chi connectivity index (χ0v) is 11.7. The molecule has 2 aromatic heterocycles. The molecule has 0 radical (unpaired) electrons. The molecule has 6 heteroatoms. The van der Waals surface area contributed by atoms with Gasteiger partial charge in [0.05, 0.1) is 5.39 Å². The zero-order chi connectivity index (χ0) is 13.4. The average molecular weight is 278 g/mol. The summed E-state index contributed by atoms with van der Waals surface area (Å²) in [4.78, 5) is 10.7. The molecule has 0 bridgehead atoms. The third-order valence-corrected chi connectivity index (χ3v) is 4.69. The summed E-state index contributed by atoms with van der Waals surface area (Å²) in [6, 6.07) is 2.37. The second-order valence-electron chi connectivity index (χ2n) is 5.13. The van der Waals surface area contributed by atoms with Gasteiger partial charge in [0.2, 0.25) is 5.95 Å². The first-order chi connectivity index (χ1) is 9.17. The van der Waals surface area contributed by atoms with Crippen molar-refractivity contribution in [2.45, 2.75) is 32.2 Å². The minimum Gasteiger partial charge on any atom is -0.396 e. The van der Waals surface area contributed by atoms with Crippen molar-refractivity contribution in [2.75, 3.05) is 17.7 Å². The van der Waals surface area contributed by atoms with Crippen LogP contribution in [0.3, 0.4) is 0 Å². The van der Waals surface area contributed by atoms with Gasteiger partial charge in [0.1, 0.15) is 10.6 Å². The van der Waals surface area contributed by atoms with Crippen LogP contribution in [-0.2, 0) is 0 Å². The molecule has 4 N–H and O–H groups in total. The van der Waals surface area contributed by atoms with Crippen LogP contribution in [0.15, 0.2) is 6.07 Å². The molecule has 0 saturated heterocycles.